The minimum atomic E-state index is -0.721. The van der Waals surface area contributed by atoms with E-state index in [2.05, 4.69) is 0 Å². The molecule has 3 aromatic carbocycles. The number of aliphatic hydroxyl groups excluding tert-OH is 2. The second kappa shape index (κ2) is 8.38. The maximum Gasteiger partial charge on any atom is 0.119 e. The Balaban J connectivity index is 1.87. The summed E-state index contributed by atoms with van der Waals surface area (Å²) in [5.41, 5.74) is 3.27. The zero-order chi connectivity index (χ0) is 19.4. The predicted octanol–water partition coefficient (Wildman–Crippen LogP) is 5.07. The smallest absolute Gasteiger partial charge is 0.119 e. The lowest BCUT2D eigenvalue weighted by Gasteiger charge is -2.24. The van der Waals surface area contributed by atoms with Crippen LogP contribution in [0.4, 0.5) is 0 Å². The molecule has 3 nitrogen and oxygen atoms in total. The van der Waals surface area contributed by atoms with E-state index in [0.29, 0.717) is 5.56 Å². The molecule has 3 aromatic rings. The van der Waals surface area contributed by atoms with Gasteiger partial charge in [0, 0.05) is 11.8 Å². The topological polar surface area (TPSA) is 60.7 Å². The fourth-order valence-electron chi connectivity index (χ4n) is 3.45. The Labute approximate surface area is 160 Å². The van der Waals surface area contributed by atoms with Gasteiger partial charge in [-0.25, -0.2) is 0 Å². The van der Waals surface area contributed by atoms with Gasteiger partial charge in [-0.15, -0.1) is 0 Å². The fourth-order valence-corrected chi connectivity index (χ4v) is 3.45. The third-order valence-corrected chi connectivity index (χ3v) is 5.30. The van der Waals surface area contributed by atoms with Gasteiger partial charge >= 0.3 is 0 Å². The van der Waals surface area contributed by atoms with E-state index < -0.39 is 12.2 Å². The molecule has 0 radical (unpaired) electrons. The maximum atomic E-state index is 10.7. The highest BCUT2D eigenvalue weighted by atomic mass is 16.3. The van der Waals surface area contributed by atoms with Crippen molar-refractivity contribution in [3.63, 3.8) is 0 Å². The molecule has 0 bridgehead atoms. The van der Waals surface area contributed by atoms with Crippen molar-refractivity contribution in [2.24, 2.45) is 0 Å². The lowest BCUT2D eigenvalue weighted by atomic mass is 9.85. The van der Waals surface area contributed by atoms with E-state index >= 15 is 0 Å². The normalized spacial score (nSPS) is 15.7. The number of rotatable bonds is 6. The van der Waals surface area contributed by atoms with Gasteiger partial charge in [-0.3, -0.25) is 0 Å². The Morgan fingerprint density at radius 1 is 0.593 bits per heavy atom. The number of phenols is 1. The van der Waals surface area contributed by atoms with Crippen LogP contribution in [0.15, 0.2) is 78.9 Å². The summed E-state index contributed by atoms with van der Waals surface area (Å²) < 4.78 is 0. The molecule has 27 heavy (non-hydrogen) atoms. The van der Waals surface area contributed by atoms with E-state index in [1.807, 2.05) is 86.6 Å². The van der Waals surface area contributed by atoms with Crippen molar-refractivity contribution in [2.75, 3.05) is 0 Å². The van der Waals surface area contributed by atoms with Crippen LogP contribution >= 0.6 is 0 Å². The minimum Gasteiger partial charge on any atom is -0.508 e. The first-order valence-electron chi connectivity index (χ1n) is 9.28. The Hall–Kier alpha value is -2.62. The minimum absolute atomic E-state index is 0.146. The summed E-state index contributed by atoms with van der Waals surface area (Å²) in [6.07, 6.45) is -1.36. The average molecular weight is 362 g/mol. The Kier molecular flexibility index (Phi) is 5.94. The Bertz CT molecular complexity index is 861. The molecule has 0 aliphatic heterocycles. The van der Waals surface area contributed by atoms with E-state index in [1.165, 1.54) is 0 Å². The molecule has 0 aromatic heterocycles. The van der Waals surface area contributed by atoms with Gasteiger partial charge < -0.3 is 15.3 Å². The van der Waals surface area contributed by atoms with Crippen LogP contribution in [0.1, 0.15) is 60.1 Å². The predicted molar refractivity (Wildman–Crippen MR) is 108 cm³/mol. The lowest BCUT2D eigenvalue weighted by molar-refractivity contribution is 0.148. The first kappa shape index (κ1) is 19.2. The molecular formula is C24H26O3. The molecule has 0 saturated carbocycles. The maximum absolute atomic E-state index is 10.7. The molecule has 4 atom stereocenters. The lowest BCUT2D eigenvalue weighted by Crippen LogP contribution is -2.11. The summed E-state index contributed by atoms with van der Waals surface area (Å²) in [6.45, 7) is 3.86. The monoisotopic (exact) mass is 362 g/mol. The summed E-state index contributed by atoms with van der Waals surface area (Å²) >= 11 is 0. The highest BCUT2D eigenvalue weighted by molar-refractivity contribution is 5.42. The number of aromatic hydroxyl groups is 1. The van der Waals surface area contributed by atoms with Crippen LogP contribution < -0.4 is 0 Å². The van der Waals surface area contributed by atoms with Gasteiger partial charge in [0.2, 0.25) is 0 Å². The molecule has 4 unspecified atom stereocenters. The standard InChI is InChI=1S/C24H26O3/c1-16(23(26)18-9-5-3-6-10-18)20-13-14-22(25)21(15-20)17(2)24(27)19-11-7-4-8-12-19/h3-17,23-27H,1-2H3. The Morgan fingerprint density at radius 3 is 1.59 bits per heavy atom. The molecule has 0 amide bonds. The summed E-state index contributed by atoms with van der Waals surface area (Å²) in [7, 11) is 0. The molecule has 3 rings (SSSR count). The second-order valence-electron chi connectivity index (χ2n) is 7.11. The van der Waals surface area contributed by atoms with Gasteiger partial charge in [-0.05, 0) is 28.3 Å². The van der Waals surface area contributed by atoms with Gasteiger partial charge in [0.25, 0.3) is 0 Å². The third kappa shape index (κ3) is 4.21. The van der Waals surface area contributed by atoms with Crippen molar-refractivity contribution in [2.45, 2.75) is 37.9 Å². The average Bonchev–Trinajstić information content (AvgIpc) is 2.73. The molecule has 0 heterocycles. The van der Waals surface area contributed by atoms with Crippen LogP contribution in [0.25, 0.3) is 0 Å². The van der Waals surface area contributed by atoms with Gasteiger partial charge in [-0.1, -0.05) is 86.6 Å². The van der Waals surface area contributed by atoms with Crippen molar-refractivity contribution in [1.82, 2.24) is 0 Å². The number of hydrogen-bond donors (Lipinski definition) is 3. The van der Waals surface area contributed by atoms with E-state index in [1.54, 1.807) is 6.07 Å². The van der Waals surface area contributed by atoms with Gasteiger partial charge in [-0.2, -0.15) is 0 Å². The molecule has 0 saturated heterocycles. The number of benzene rings is 3. The largest absolute Gasteiger partial charge is 0.508 e. The van der Waals surface area contributed by atoms with Crippen LogP contribution in [-0.4, -0.2) is 15.3 Å². The zero-order valence-electron chi connectivity index (χ0n) is 15.7. The van der Waals surface area contributed by atoms with Gasteiger partial charge in [0.15, 0.2) is 0 Å². The number of phenolic OH excluding ortho intramolecular Hbond substituents is 1. The zero-order valence-corrected chi connectivity index (χ0v) is 15.7. The van der Waals surface area contributed by atoms with Crippen LogP contribution in [0.5, 0.6) is 5.75 Å². The van der Waals surface area contributed by atoms with E-state index in [-0.39, 0.29) is 17.6 Å². The van der Waals surface area contributed by atoms with Crippen molar-refractivity contribution >= 4 is 0 Å². The first-order valence-corrected chi connectivity index (χ1v) is 9.28. The number of aliphatic hydroxyl groups is 2. The van der Waals surface area contributed by atoms with Crippen LogP contribution in [0.2, 0.25) is 0 Å². The van der Waals surface area contributed by atoms with Crippen LogP contribution in [0, 0.1) is 0 Å². The van der Waals surface area contributed by atoms with Crippen molar-refractivity contribution in [3.8, 4) is 5.75 Å². The van der Waals surface area contributed by atoms with Crippen LogP contribution in [0.3, 0.4) is 0 Å². The fraction of sp³-hybridized carbons (Fsp3) is 0.250. The SMILES string of the molecule is CC(c1ccc(O)c(C(C)C(O)c2ccccc2)c1)C(O)c1ccccc1. The van der Waals surface area contributed by atoms with E-state index in [4.69, 9.17) is 0 Å². The second-order valence-corrected chi connectivity index (χ2v) is 7.11. The molecule has 0 fully saturated rings. The third-order valence-electron chi connectivity index (χ3n) is 5.30. The summed E-state index contributed by atoms with van der Waals surface area (Å²) in [4.78, 5) is 0. The highest BCUT2D eigenvalue weighted by Crippen LogP contribution is 2.38. The van der Waals surface area contributed by atoms with Crippen LogP contribution in [-0.2, 0) is 0 Å². The van der Waals surface area contributed by atoms with Crippen molar-refractivity contribution in [1.29, 1.82) is 0 Å². The summed E-state index contributed by atoms with van der Waals surface area (Å²) in [5, 5.41) is 31.8. The van der Waals surface area contributed by atoms with Gasteiger partial charge in [0.05, 0.1) is 12.2 Å². The summed E-state index contributed by atoms with van der Waals surface area (Å²) in [5.74, 6) is -0.274. The molecule has 140 valence electrons. The molecule has 0 aliphatic carbocycles. The number of hydrogen-bond acceptors (Lipinski definition) is 3. The highest BCUT2D eigenvalue weighted by Gasteiger charge is 2.24. The molecular weight excluding hydrogens is 336 g/mol. The van der Waals surface area contributed by atoms with Crippen molar-refractivity contribution < 1.29 is 15.3 Å². The van der Waals surface area contributed by atoms with Crippen molar-refractivity contribution in [3.05, 3.63) is 101 Å². The molecule has 0 spiro atoms. The first-order chi connectivity index (χ1) is 13.0. The van der Waals surface area contributed by atoms with Gasteiger partial charge in [0.1, 0.15) is 5.75 Å². The quantitative estimate of drug-likeness (QED) is 0.574. The molecule has 0 aliphatic rings. The molecule has 3 heteroatoms. The Morgan fingerprint density at radius 2 is 1.07 bits per heavy atom. The molecule has 3 N–H and O–H groups in total. The summed E-state index contributed by atoms with van der Waals surface area (Å²) in [6, 6.07) is 24.4. The van der Waals surface area contributed by atoms with E-state index in [0.717, 1.165) is 16.7 Å². The van der Waals surface area contributed by atoms with E-state index in [9.17, 15) is 15.3 Å².